The van der Waals surface area contributed by atoms with Gasteiger partial charge in [-0.25, -0.2) is 0 Å². The van der Waals surface area contributed by atoms with Crippen molar-refractivity contribution in [1.82, 2.24) is 15.1 Å². The summed E-state index contributed by atoms with van der Waals surface area (Å²) >= 11 is 0. The standard InChI is InChI=1S/C43H50N4O2/c1-30(2)38-21-22-40(46-45-38)32-17-19-37(20-18-32)49-43-28-41-35(27-36(43)16-15-34-9-5-3-4-6-12-42(34)48)10-7-8-11-39(44-41)33-23-25-47(26-24-33)29-31-13-14-31/h3-4,6-7,10,12,17-22,27-28,30-31,33-34H,5,8-9,11,13-16,23-26,29H2,1-2H3. The zero-order valence-corrected chi connectivity index (χ0v) is 29.2. The first-order chi connectivity index (χ1) is 24.0. The molecule has 4 aliphatic rings. The zero-order chi connectivity index (χ0) is 33.6. The molecule has 3 aromatic rings. The predicted molar refractivity (Wildman–Crippen MR) is 200 cm³/mol. The second kappa shape index (κ2) is 15.6. The van der Waals surface area contributed by atoms with E-state index < -0.39 is 0 Å². The Morgan fingerprint density at radius 1 is 0.878 bits per heavy atom. The number of ketones is 1. The van der Waals surface area contributed by atoms with Crippen LogP contribution in [0.2, 0.25) is 0 Å². The van der Waals surface area contributed by atoms with E-state index in [-0.39, 0.29) is 11.7 Å². The number of ether oxygens (including phenoxy) is 1. The molecular weight excluding hydrogens is 604 g/mol. The van der Waals surface area contributed by atoms with Crippen molar-refractivity contribution < 1.29 is 9.53 Å². The number of aryl methyl sites for hydroxylation is 1. The average Bonchev–Trinajstić information content (AvgIpc) is 3.92. The van der Waals surface area contributed by atoms with Gasteiger partial charge in [0, 0.05) is 35.4 Å². The number of carbonyl (C=O) groups is 1. The van der Waals surface area contributed by atoms with Gasteiger partial charge in [0.05, 0.1) is 17.1 Å². The number of aromatic nitrogens is 2. The molecule has 2 aliphatic heterocycles. The first kappa shape index (κ1) is 33.3. The number of hydrogen-bond acceptors (Lipinski definition) is 6. The Kier molecular flexibility index (Phi) is 10.6. The van der Waals surface area contributed by atoms with Crippen LogP contribution in [0, 0.1) is 17.8 Å². The molecule has 1 saturated heterocycles. The van der Waals surface area contributed by atoms with Gasteiger partial charge in [-0.1, -0.05) is 44.2 Å². The fourth-order valence-corrected chi connectivity index (χ4v) is 7.36. The van der Waals surface area contributed by atoms with Crippen LogP contribution in [-0.2, 0) is 11.2 Å². The Morgan fingerprint density at radius 2 is 1.71 bits per heavy atom. The molecule has 2 fully saturated rings. The Labute approximate surface area is 292 Å². The van der Waals surface area contributed by atoms with Crippen molar-refractivity contribution in [3.63, 3.8) is 0 Å². The highest BCUT2D eigenvalue weighted by atomic mass is 16.5. The summed E-state index contributed by atoms with van der Waals surface area (Å²) < 4.78 is 6.69. The molecule has 1 unspecified atom stereocenters. The summed E-state index contributed by atoms with van der Waals surface area (Å²) in [5, 5.41) is 8.87. The number of hydrogen-bond donors (Lipinski definition) is 0. The van der Waals surface area contributed by atoms with Gasteiger partial charge < -0.3 is 9.64 Å². The van der Waals surface area contributed by atoms with Gasteiger partial charge in [-0.15, -0.1) is 0 Å². The van der Waals surface area contributed by atoms with Crippen LogP contribution < -0.4 is 4.74 Å². The van der Waals surface area contributed by atoms with Crippen LogP contribution in [0.25, 0.3) is 17.3 Å². The Hall–Kier alpha value is -4.16. The molecule has 0 spiro atoms. The third-order valence-electron chi connectivity index (χ3n) is 10.6. The van der Waals surface area contributed by atoms with E-state index in [1.807, 2.05) is 42.5 Å². The summed E-state index contributed by atoms with van der Waals surface area (Å²) in [5.41, 5.74) is 7.41. The van der Waals surface area contributed by atoms with Crippen molar-refractivity contribution >= 4 is 23.3 Å². The lowest BCUT2D eigenvalue weighted by Crippen LogP contribution is -2.37. The number of carbonyl (C=O) groups excluding carboxylic acids is 1. The highest BCUT2D eigenvalue weighted by Gasteiger charge is 2.29. The molecule has 1 atom stereocenters. The molecule has 3 heterocycles. The average molecular weight is 655 g/mol. The second-order valence-corrected chi connectivity index (χ2v) is 14.7. The van der Waals surface area contributed by atoms with Gasteiger partial charge in [0.25, 0.3) is 0 Å². The van der Waals surface area contributed by atoms with E-state index in [9.17, 15) is 4.79 Å². The molecule has 6 heteroatoms. The number of rotatable bonds is 10. The van der Waals surface area contributed by atoms with E-state index in [0.717, 1.165) is 89.7 Å². The molecule has 0 amide bonds. The van der Waals surface area contributed by atoms with Crippen LogP contribution in [0.4, 0.5) is 5.69 Å². The van der Waals surface area contributed by atoms with E-state index >= 15 is 0 Å². The third kappa shape index (κ3) is 8.72. The zero-order valence-electron chi connectivity index (χ0n) is 29.2. The minimum absolute atomic E-state index is 0.00415. The molecule has 2 aliphatic carbocycles. The number of fused-ring (bicyclic) bond motifs is 1. The first-order valence-corrected chi connectivity index (χ1v) is 18.6. The molecule has 49 heavy (non-hydrogen) atoms. The largest absolute Gasteiger partial charge is 0.457 e. The molecule has 0 radical (unpaired) electrons. The van der Waals surface area contributed by atoms with E-state index in [1.165, 1.54) is 51.0 Å². The second-order valence-electron chi connectivity index (χ2n) is 14.7. The van der Waals surface area contributed by atoms with Gasteiger partial charge in [0.15, 0.2) is 5.78 Å². The smallest absolute Gasteiger partial charge is 0.158 e. The normalized spacial score (nSPS) is 20.3. The molecular formula is C43H50N4O2. The Balaban J connectivity index is 1.15. The van der Waals surface area contributed by atoms with Crippen LogP contribution in [0.15, 0.2) is 83.9 Å². The van der Waals surface area contributed by atoms with E-state index in [0.29, 0.717) is 11.8 Å². The summed E-state index contributed by atoms with van der Waals surface area (Å²) in [6.45, 7) is 7.90. The van der Waals surface area contributed by atoms with Crippen molar-refractivity contribution in [2.75, 3.05) is 19.6 Å². The van der Waals surface area contributed by atoms with Crippen molar-refractivity contribution in [1.29, 1.82) is 0 Å². The van der Waals surface area contributed by atoms with Crippen LogP contribution in [0.1, 0.15) is 94.4 Å². The monoisotopic (exact) mass is 654 g/mol. The number of benzene rings is 2. The van der Waals surface area contributed by atoms with Crippen LogP contribution in [-0.4, -0.2) is 46.2 Å². The Morgan fingerprint density at radius 3 is 2.47 bits per heavy atom. The van der Waals surface area contributed by atoms with Crippen molar-refractivity contribution in [2.45, 2.75) is 84.0 Å². The molecule has 7 rings (SSSR count). The summed E-state index contributed by atoms with van der Waals surface area (Å²) in [5.74, 6) is 3.63. The number of nitrogens with zero attached hydrogens (tertiary/aromatic N) is 4. The minimum atomic E-state index is 0.00415. The number of aliphatic imine (C=N–C) groups is 1. The molecule has 6 nitrogen and oxygen atoms in total. The molecule has 1 saturated carbocycles. The highest BCUT2D eigenvalue weighted by Crippen LogP contribution is 2.38. The van der Waals surface area contributed by atoms with Gasteiger partial charge in [-0.2, -0.15) is 10.2 Å². The molecule has 0 bridgehead atoms. The van der Waals surface area contributed by atoms with Crippen molar-refractivity contribution in [3.8, 4) is 22.8 Å². The lowest BCUT2D eigenvalue weighted by molar-refractivity contribution is -0.118. The van der Waals surface area contributed by atoms with Crippen LogP contribution in [0.5, 0.6) is 11.5 Å². The molecule has 1 aromatic heterocycles. The van der Waals surface area contributed by atoms with Crippen molar-refractivity contribution in [2.24, 2.45) is 22.7 Å². The molecule has 2 aromatic carbocycles. The number of piperidine rings is 1. The summed E-state index contributed by atoms with van der Waals surface area (Å²) in [4.78, 5) is 21.0. The maximum atomic E-state index is 13.0. The fraction of sp³-hybridized carbons (Fsp3) is 0.442. The van der Waals surface area contributed by atoms with Gasteiger partial charge in [0.1, 0.15) is 11.5 Å². The van der Waals surface area contributed by atoms with E-state index in [2.05, 4.69) is 65.4 Å². The third-order valence-corrected chi connectivity index (χ3v) is 10.6. The number of allylic oxidation sites excluding steroid dienone is 5. The van der Waals surface area contributed by atoms with Crippen LogP contribution in [0.3, 0.4) is 0 Å². The quantitative estimate of drug-likeness (QED) is 0.218. The summed E-state index contributed by atoms with van der Waals surface area (Å²) in [6.07, 6.45) is 22.9. The fourth-order valence-electron chi connectivity index (χ4n) is 7.36. The van der Waals surface area contributed by atoms with Gasteiger partial charge in [-0.05, 0) is 149 Å². The van der Waals surface area contributed by atoms with Crippen molar-refractivity contribution in [3.05, 3.63) is 95.7 Å². The van der Waals surface area contributed by atoms with E-state index in [1.54, 1.807) is 6.08 Å². The lowest BCUT2D eigenvalue weighted by atomic mass is 9.88. The van der Waals surface area contributed by atoms with Gasteiger partial charge >= 0.3 is 0 Å². The maximum absolute atomic E-state index is 13.0. The summed E-state index contributed by atoms with van der Waals surface area (Å²) in [7, 11) is 0. The SMILES string of the molecule is CC(C)c1ccc(-c2ccc(Oc3cc4c(cc3CCC3CCC=CC=CC3=O)C=CCCC(C3CCN(CC5CC5)CC3)=N4)cc2)nn1. The molecule has 254 valence electrons. The lowest BCUT2D eigenvalue weighted by Gasteiger charge is -2.33. The van der Waals surface area contributed by atoms with E-state index in [4.69, 9.17) is 9.73 Å². The number of likely N-dealkylation sites (tertiary alicyclic amines) is 1. The maximum Gasteiger partial charge on any atom is 0.158 e. The highest BCUT2D eigenvalue weighted by molar-refractivity contribution is 5.92. The Bertz CT molecular complexity index is 1720. The van der Waals surface area contributed by atoms with Crippen LogP contribution >= 0.6 is 0 Å². The predicted octanol–water partition coefficient (Wildman–Crippen LogP) is 10.1. The summed E-state index contributed by atoms with van der Waals surface area (Å²) in [6, 6.07) is 16.6. The van der Waals surface area contributed by atoms with Gasteiger partial charge in [0.2, 0.25) is 0 Å². The molecule has 0 N–H and O–H groups in total. The minimum Gasteiger partial charge on any atom is -0.457 e. The first-order valence-electron chi connectivity index (χ1n) is 18.6. The van der Waals surface area contributed by atoms with Gasteiger partial charge in [-0.3, -0.25) is 9.79 Å². The topological polar surface area (TPSA) is 67.7 Å².